The average molecular weight is 391 g/mol. The molecular formula is C20H17N5O4. The standard InChI is InChI=1S/C20H17N5O4/c1-12(26)23-13-2-4-14(5-3-13)24-19-10-21-16(9-22-19)20(27)25-15-6-7-17-18(8-15)29-11-28-17/h2-10H,11H2,1H3,(H,22,24)(H,23,26)(H,25,27). The normalized spacial score (nSPS) is 11.6. The summed E-state index contributed by atoms with van der Waals surface area (Å²) in [6.07, 6.45) is 2.85. The first-order chi connectivity index (χ1) is 14.1. The van der Waals surface area contributed by atoms with Crippen LogP contribution in [0, 0.1) is 0 Å². The molecular weight excluding hydrogens is 374 g/mol. The van der Waals surface area contributed by atoms with Gasteiger partial charge in [-0.3, -0.25) is 9.59 Å². The fourth-order valence-electron chi connectivity index (χ4n) is 2.67. The number of nitrogens with zero attached hydrogens (tertiary/aromatic N) is 2. The number of ether oxygens (including phenoxy) is 2. The SMILES string of the molecule is CC(=O)Nc1ccc(Nc2cnc(C(=O)Nc3ccc4c(c3)OCO4)cn2)cc1. The van der Waals surface area contributed by atoms with Gasteiger partial charge in [0.05, 0.1) is 12.4 Å². The molecule has 0 unspecified atom stereocenters. The van der Waals surface area contributed by atoms with E-state index >= 15 is 0 Å². The number of nitrogens with one attached hydrogen (secondary N) is 3. The van der Waals surface area contributed by atoms with Crippen LogP contribution in [0.5, 0.6) is 11.5 Å². The molecule has 0 bridgehead atoms. The van der Waals surface area contributed by atoms with E-state index in [2.05, 4.69) is 25.9 Å². The van der Waals surface area contributed by atoms with E-state index < -0.39 is 0 Å². The van der Waals surface area contributed by atoms with Crippen molar-refractivity contribution in [2.24, 2.45) is 0 Å². The average Bonchev–Trinajstić information content (AvgIpc) is 3.17. The Kier molecular flexibility index (Phi) is 4.93. The molecule has 1 aliphatic rings. The second-order valence-electron chi connectivity index (χ2n) is 6.19. The summed E-state index contributed by atoms with van der Waals surface area (Å²) in [7, 11) is 0. The molecule has 146 valence electrons. The van der Waals surface area contributed by atoms with Crippen molar-refractivity contribution >= 4 is 34.7 Å². The molecule has 0 fully saturated rings. The Morgan fingerprint density at radius 2 is 1.59 bits per heavy atom. The van der Waals surface area contributed by atoms with Crippen molar-refractivity contribution in [1.82, 2.24) is 9.97 Å². The highest BCUT2D eigenvalue weighted by atomic mass is 16.7. The van der Waals surface area contributed by atoms with Crippen LogP contribution < -0.4 is 25.4 Å². The first-order valence-corrected chi connectivity index (χ1v) is 8.74. The summed E-state index contributed by atoms with van der Waals surface area (Å²) in [5, 5.41) is 8.52. The minimum atomic E-state index is -0.387. The van der Waals surface area contributed by atoms with Crippen LogP contribution in [0.2, 0.25) is 0 Å². The Morgan fingerprint density at radius 3 is 2.31 bits per heavy atom. The van der Waals surface area contributed by atoms with Gasteiger partial charge in [0.25, 0.3) is 5.91 Å². The Hall–Kier alpha value is -4.14. The molecule has 0 saturated carbocycles. The van der Waals surface area contributed by atoms with Crippen LogP contribution in [0.15, 0.2) is 54.9 Å². The minimum Gasteiger partial charge on any atom is -0.454 e. The van der Waals surface area contributed by atoms with Gasteiger partial charge in [0, 0.05) is 30.1 Å². The zero-order valence-electron chi connectivity index (χ0n) is 15.4. The van der Waals surface area contributed by atoms with Crippen LogP contribution in [0.25, 0.3) is 0 Å². The van der Waals surface area contributed by atoms with E-state index in [-0.39, 0.29) is 24.3 Å². The Morgan fingerprint density at radius 1 is 0.862 bits per heavy atom. The predicted molar refractivity (Wildman–Crippen MR) is 107 cm³/mol. The molecule has 0 saturated heterocycles. The van der Waals surface area contributed by atoms with E-state index in [0.717, 1.165) is 5.69 Å². The number of rotatable bonds is 5. The highest BCUT2D eigenvalue weighted by Gasteiger charge is 2.15. The van der Waals surface area contributed by atoms with Crippen molar-refractivity contribution in [3.63, 3.8) is 0 Å². The number of anilines is 4. The maximum absolute atomic E-state index is 12.4. The van der Waals surface area contributed by atoms with Gasteiger partial charge in [-0.15, -0.1) is 0 Å². The van der Waals surface area contributed by atoms with E-state index in [9.17, 15) is 9.59 Å². The molecule has 2 aromatic carbocycles. The van der Waals surface area contributed by atoms with Gasteiger partial charge in [0.15, 0.2) is 11.5 Å². The first kappa shape index (κ1) is 18.2. The lowest BCUT2D eigenvalue weighted by Crippen LogP contribution is -2.14. The van der Waals surface area contributed by atoms with Gasteiger partial charge in [-0.1, -0.05) is 0 Å². The molecule has 0 atom stereocenters. The van der Waals surface area contributed by atoms with Crippen molar-refractivity contribution < 1.29 is 19.1 Å². The smallest absolute Gasteiger partial charge is 0.275 e. The largest absolute Gasteiger partial charge is 0.454 e. The number of aromatic nitrogens is 2. The number of hydrogen-bond donors (Lipinski definition) is 3. The number of carbonyl (C=O) groups excluding carboxylic acids is 2. The second-order valence-corrected chi connectivity index (χ2v) is 6.19. The third-order valence-electron chi connectivity index (χ3n) is 3.99. The lowest BCUT2D eigenvalue weighted by molar-refractivity contribution is -0.114. The molecule has 1 aliphatic heterocycles. The van der Waals surface area contributed by atoms with Gasteiger partial charge in [-0.25, -0.2) is 9.97 Å². The summed E-state index contributed by atoms with van der Waals surface area (Å²) >= 11 is 0. The van der Waals surface area contributed by atoms with Gasteiger partial charge in [0.1, 0.15) is 11.5 Å². The van der Waals surface area contributed by atoms with Crippen LogP contribution >= 0.6 is 0 Å². The molecule has 0 aliphatic carbocycles. The number of amides is 2. The van der Waals surface area contributed by atoms with Crippen molar-refractivity contribution in [3.8, 4) is 11.5 Å². The molecule has 0 radical (unpaired) electrons. The van der Waals surface area contributed by atoms with Gasteiger partial charge in [0.2, 0.25) is 12.7 Å². The van der Waals surface area contributed by atoms with Crippen molar-refractivity contribution in [1.29, 1.82) is 0 Å². The lowest BCUT2D eigenvalue weighted by atomic mass is 10.2. The summed E-state index contributed by atoms with van der Waals surface area (Å²) in [4.78, 5) is 31.8. The third kappa shape index (κ3) is 4.41. The molecule has 4 rings (SSSR count). The molecule has 3 aromatic rings. The Balaban J connectivity index is 1.38. The molecule has 9 heteroatoms. The van der Waals surface area contributed by atoms with E-state index in [1.165, 1.54) is 19.3 Å². The Bertz CT molecular complexity index is 1050. The van der Waals surface area contributed by atoms with E-state index in [0.29, 0.717) is 28.7 Å². The second kappa shape index (κ2) is 7.85. The molecule has 9 nitrogen and oxygen atoms in total. The fraction of sp³-hybridized carbons (Fsp3) is 0.100. The van der Waals surface area contributed by atoms with Crippen LogP contribution in [-0.2, 0) is 4.79 Å². The van der Waals surface area contributed by atoms with Gasteiger partial charge in [-0.2, -0.15) is 0 Å². The predicted octanol–water partition coefficient (Wildman–Crippen LogP) is 3.16. The van der Waals surface area contributed by atoms with E-state index in [4.69, 9.17) is 9.47 Å². The highest BCUT2D eigenvalue weighted by molar-refractivity contribution is 6.02. The van der Waals surface area contributed by atoms with Crippen LogP contribution in [0.3, 0.4) is 0 Å². The number of fused-ring (bicyclic) bond motifs is 1. The zero-order valence-corrected chi connectivity index (χ0v) is 15.4. The minimum absolute atomic E-state index is 0.133. The summed E-state index contributed by atoms with van der Waals surface area (Å²) in [6, 6.07) is 12.3. The van der Waals surface area contributed by atoms with Crippen molar-refractivity contribution in [2.75, 3.05) is 22.7 Å². The molecule has 2 amide bonds. The topological polar surface area (TPSA) is 114 Å². The summed E-state index contributed by atoms with van der Waals surface area (Å²) in [5.74, 6) is 1.19. The number of hydrogen-bond acceptors (Lipinski definition) is 7. The maximum Gasteiger partial charge on any atom is 0.275 e. The third-order valence-corrected chi connectivity index (χ3v) is 3.99. The van der Waals surface area contributed by atoms with Crippen molar-refractivity contribution in [3.05, 3.63) is 60.6 Å². The molecule has 29 heavy (non-hydrogen) atoms. The van der Waals surface area contributed by atoms with Crippen LogP contribution in [-0.4, -0.2) is 28.6 Å². The summed E-state index contributed by atoms with van der Waals surface area (Å²) in [5.41, 5.74) is 2.22. The quantitative estimate of drug-likeness (QED) is 0.612. The number of benzene rings is 2. The first-order valence-electron chi connectivity index (χ1n) is 8.74. The van der Waals surface area contributed by atoms with E-state index in [1.54, 1.807) is 42.5 Å². The molecule has 1 aromatic heterocycles. The zero-order chi connectivity index (χ0) is 20.2. The fourth-order valence-corrected chi connectivity index (χ4v) is 2.67. The van der Waals surface area contributed by atoms with E-state index in [1.807, 2.05) is 0 Å². The van der Waals surface area contributed by atoms with Crippen molar-refractivity contribution in [2.45, 2.75) is 6.92 Å². The maximum atomic E-state index is 12.4. The molecule has 2 heterocycles. The van der Waals surface area contributed by atoms with Gasteiger partial charge < -0.3 is 25.4 Å². The lowest BCUT2D eigenvalue weighted by Gasteiger charge is -2.08. The monoisotopic (exact) mass is 391 g/mol. The Labute approximate surface area is 166 Å². The van der Waals surface area contributed by atoms with Crippen LogP contribution in [0.1, 0.15) is 17.4 Å². The summed E-state index contributed by atoms with van der Waals surface area (Å²) < 4.78 is 10.5. The van der Waals surface area contributed by atoms with Gasteiger partial charge in [-0.05, 0) is 36.4 Å². The van der Waals surface area contributed by atoms with Crippen LogP contribution in [0.4, 0.5) is 22.9 Å². The highest BCUT2D eigenvalue weighted by Crippen LogP contribution is 2.34. The molecule has 0 spiro atoms. The van der Waals surface area contributed by atoms with Gasteiger partial charge >= 0.3 is 0 Å². The summed E-state index contributed by atoms with van der Waals surface area (Å²) in [6.45, 7) is 1.62. The number of carbonyl (C=O) groups is 2. The molecule has 3 N–H and O–H groups in total.